The molecule has 0 aliphatic carbocycles. The highest BCUT2D eigenvalue weighted by atomic mass is 32.1. The molecular formula is C11H17F2NS. The minimum atomic E-state index is -2.27. The summed E-state index contributed by atoms with van der Waals surface area (Å²) in [5.74, 6) is 0. The second-order valence-electron chi connectivity index (χ2n) is 4.59. The predicted octanol–water partition coefficient (Wildman–Crippen LogP) is 3.40. The van der Waals surface area contributed by atoms with E-state index < -0.39 is 6.43 Å². The number of thiophene rings is 1. The summed E-state index contributed by atoms with van der Waals surface area (Å²) in [7, 11) is 0. The van der Waals surface area contributed by atoms with Crippen LogP contribution in [-0.4, -0.2) is 13.0 Å². The van der Waals surface area contributed by atoms with Crippen molar-refractivity contribution in [3.8, 4) is 0 Å². The first kappa shape index (κ1) is 12.6. The van der Waals surface area contributed by atoms with E-state index in [1.807, 2.05) is 5.38 Å². The van der Waals surface area contributed by atoms with Crippen molar-refractivity contribution in [1.29, 1.82) is 0 Å². The lowest BCUT2D eigenvalue weighted by atomic mass is 9.94. The van der Waals surface area contributed by atoms with Crippen LogP contribution in [0.15, 0.2) is 11.4 Å². The molecule has 0 saturated heterocycles. The summed E-state index contributed by atoms with van der Waals surface area (Å²) >= 11 is 1.69. The number of nitrogens with one attached hydrogen (secondary N) is 1. The fourth-order valence-electron chi connectivity index (χ4n) is 1.19. The van der Waals surface area contributed by atoms with Gasteiger partial charge in [0.15, 0.2) is 0 Å². The largest absolute Gasteiger partial charge is 0.307 e. The topological polar surface area (TPSA) is 12.0 Å². The van der Waals surface area contributed by atoms with Gasteiger partial charge in [0.1, 0.15) is 0 Å². The van der Waals surface area contributed by atoms with Crippen LogP contribution in [0.5, 0.6) is 0 Å². The Kier molecular flexibility index (Phi) is 4.22. The van der Waals surface area contributed by atoms with Gasteiger partial charge < -0.3 is 5.32 Å². The molecule has 0 saturated carbocycles. The van der Waals surface area contributed by atoms with Gasteiger partial charge in [0.25, 0.3) is 6.43 Å². The van der Waals surface area contributed by atoms with E-state index >= 15 is 0 Å². The highest BCUT2D eigenvalue weighted by molar-refractivity contribution is 7.10. The van der Waals surface area contributed by atoms with Crippen LogP contribution >= 0.6 is 11.3 Å². The Morgan fingerprint density at radius 3 is 2.53 bits per heavy atom. The second-order valence-corrected chi connectivity index (χ2v) is 5.50. The molecule has 0 fully saturated rings. The van der Waals surface area contributed by atoms with Gasteiger partial charge >= 0.3 is 0 Å². The molecule has 0 aliphatic heterocycles. The summed E-state index contributed by atoms with van der Waals surface area (Å²) in [5, 5.41) is 4.75. The lowest BCUT2D eigenvalue weighted by Gasteiger charge is -2.15. The summed E-state index contributed by atoms with van der Waals surface area (Å²) in [6.07, 6.45) is -2.27. The maximum absolute atomic E-state index is 11.9. The van der Waals surface area contributed by atoms with Crippen molar-refractivity contribution in [2.24, 2.45) is 0 Å². The van der Waals surface area contributed by atoms with Crippen LogP contribution in [0.1, 0.15) is 31.2 Å². The first-order chi connectivity index (χ1) is 6.89. The van der Waals surface area contributed by atoms with Crippen molar-refractivity contribution in [3.63, 3.8) is 0 Å². The Morgan fingerprint density at radius 2 is 2.07 bits per heavy atom. The molecular weight excluding hydrogens is 216 g/mol. The van der Waals surface area contributed by atoms with Gasteiger partial charge in [-0.1, -0.05) is 20.8 Å². The molecule has 0 spiro atoms. The molecule has 86 valence electrons. The summed E-state index contributed by atoms with van der Waals surface area (Å²) in [4.78, 5) is 1.29. The van der Waals surface area contributed by atoms with Crippen LogP contribution < -0.4 is 5.32 Å². The van der Waals surface area contributed by atoms with Crippen LogP contribution in [0.2, 0.25) is 0 Å². The molecule has 1 aromatic heterocycles. The molecule has 1 N–H and O–H groups in total. The minimum absolute atomic E-state index is 0.144. The summed E-state index contributed by atoms with van der Waals surface area (Å²) in [5.41, 5.74) is 1.23. The Morgan fingerprint density at radius 1 is 1.40 bits per heavy atom. The molecule has 1 aromatic rings. The molecule has 0 radical (unpaired) electrons. The van der Waals surface area contributed by atoms with E-state index in [4.69, 9.17) is 0 Å². The van der Waals surface area contributed by atoms with Crippen molar-refractivity contribution < 1.29 is 8.78 Å². The minimum Gasteiger partial charge on any atom is -0.307 e. The maximum Gasteiger partial charge on any atom is 0.250 e. The van der Waals surface area contributed by atoms with Crippen LogP contribution in [0.4, 0.5) is 8.78 Å². The first-order valence-corrected chi connectivity index (χ1v) is 5.84. The molecule has 0 atom stereocenters. The third-order valence-corrected chi connectivity index (χ3v) is 3.43. The number of hydrogen-bond donors (Lipinski definition) is 1. The summed E-state index contributed by atoms with van der Waals surface area (Å²) in [6.45, 7) is 6.73. The third kappa shape index (κ3) is 4.26. The number of hydrogen-bond acceptors (Lipinski definition) is 2. The number of alkyl halides is 2. The fraction of sp³-hybridized carbons (Fsp3) is 0.636. The lowest BCUT2D eigenvalue weighted by molar-refractivity contribution is 0.145. The van der Waals surface area contributed by atoms with E-state index in [-0.39, 0.29) is 12.0 Å². The molecule has 1 nitrogen and oxygen atoms in total. The molecule has 1 rings (SSSR count). The van der Waals surface area contributed by atoms with Crippen molar-refractivity contribution in [2.45, 2.75) is 39.2 Å². The maximum atomic E-state index is 11.9. The van der Waals surface area contributed by atoms with E-state index in [1.165, 1.54) is 4.88 Å². The Balaban J connectivity index is 2.47. The van der Waals surface area contributed by atoms with Gasteiger partial charge in [-0.05, 0) is 22.4 Å². The Bertz CT molecular complexity index is 302. The average Bonchev–Trinajstić information content (AvgIpc) is 2.51. The zero-order chi connectivity index (χ0) is 11.5. The normalized spacial score (nSPS) is 12.4. The molecule has 1 heterocycles. The van der Waals surface area contributed by atoms with Crippen molar-refractivity contribution in [3.05, 3.63) is 21.9 Å². The van der Waals surface area contributed by atoms with Gasteiger partial charge in [-0.25, -0.2) is 8.78 Å². The van der Waals surface area contributed by atoms with E-state index in [2.05, 4.69) is 32.2 Å². The van der Waals surface area contributed by atoms with Gasteiger partial charge in [0, 0.05) is 11.4 Å². The van der Waals surface area contributed by atoms with Gasteiger partial charge in [-0.2, -0.15) is 0 Å². The van der Waals surface area contributed by atoms with Crippen LogP contribution in [0.3, 0.4) is 0 Å². The highest BCUT2D eigenvalue weighted by Crippen LogP contribution is 2.28. The molecule has 4 heteroatoms. The monoisotopic (exact) mass is 233 g/mol. The van der Waals surface area contributed by atoms with Crippen LogP contribution in [-0.2, 0) is 12.0 Å². The van der Waals surface area contributed by atoms with Crippen molar-refractivity contribution >= 4 is 11.3 Å². The van der Waals surface area contributed by atoms with E-state index in [9.17, 15) is 8.78 Å². The molecule has 15 heavy (non-hydrogen) atoms. The van der Waals surface area contributed by atoms with Crippen molar-refractivity contribution in [2.75, 3.05) is 6.54 Å². The molecule has 0 aromatic carbocycles. The zero-order valence-electron chi connectivity index (χ0n) is 9.31. The van der Waals surface area contributed by atoms with Gasteiger partial charge in [-0.3, -0.25) is 0 Å². The number of rotatable bonds is 4. The summed E-state index contributed by atoms with van der Waals surface area (Å²) < 4.78 is 23.7. The van der Waals surface area contributed by atoms with E-state index in [0.29, 0.717) is 6.54 Å². The number of halogens is 2. The third-order valence-electron chi connectivity index (χ3n) is 2.02. The lowest BCUT2D eigenvalue weighted by Crippen LogP contribution is -2.20. The van der Waals surface area contributed by atoms with Crippen molar-refractivity contribution in [1.82, 2.24) is 5.32 Å². The smallest absolute Gasteiger partial charge is 0.250 e. The van der Waals surface area contributed by atoms with E-state index in [1.54, 1.807) is 11.3 Å². The van der Waals surface area contributed by atoms with Gasteiger partial charge in [0.2, 0.25) is 0 Å². The standard InChI is InChI=1S/C11H17F2NS/c1-11(2,3)9-4-8(7-15-9)5-14-6-10(12)13/h4,7,10,14H,5-6H2,1-3H3. The van der Waals surface area contributed by atoms with Gasteiger partial charge in [-0.15, -0.1) is 11.3 Å². The second kappa shape index (κ2) is 5.03. The first-order valence-electron chi connectivity index (χ1n) is 4.96. The van der Waals surface area contributed by atoms with Crippen LogP contribution in [0, 0.1) is 0 Å². The molecule has 0 bridgehead atoms. The average molecular weight is 233 g/mol. The Hall–Kier alpha value is -0.480. The van der Waals surface area contributed by atoms with Gasteiger partial charge in [0.05, 0.1) is 6.54 Å². The highest BCUT2D eigenvalue weighted by Gasteiger charge is 2.15. The molecule has 0 amide bonds. The van der Waals surface area contributed by atoms with E-state index in [0.717, 1.165) is 5.56 Å². The quantitative estimate of drug-likeness (QED) is 0.840. The fourth-order valence-corrected chi connectivity index (χ4v) is 2.19. The summed E-state index contributed by atoms with van der Waals surface area (Å²) in [6, 6.07) is 2.09. The predicted molar refractivity (Wildman–Crippen MR) is 60.7 cm³/mol. The zero-order valence-corrected chi connectivity index (χ0v) is 10.1. The van der Waals surface area contributed by atoms with Crippen LogP contribution in [0.25, 0.3) is 0 Å². The molecule has 0 unspecified atom stereocenters. The molecule has 0 aliphatic rings. The Labute approximate surface area is 93.5 Å². The SMILES string of the molecule is CC(C)(C)c1cc(CNCC(F)F)cs1.